The van der Waals surface area contributed by atoms with E-state index in [0.717, 1.165) is 37.1 Å². The molecule has 1 saturated heterocycles. The Morgan fingerprint density at radius 3 is 2.48 bits per heavy atom. The number of piperazine rings is 1. The fourth-order valence-electron chi connectivity index (χ4n) is 3.94. The van der Waals surface area contributed by atoms with Crippen molar-refractivity contribution in [1.82, 2.24) is 14.8 Å². The van der Waals surface area contributed by atoms with Gasteiger partial charge in [-0.1, -0.05) is 37.3 Å². The fourth-order valence-corrected chi connectivity index (χ4v) is 3.94. The van der Waals surface area contributed by atoms with E-state index in [9.17, 15) is 4.79 Å². The Morgan fingerprint density at radius 1 is 1.10 bits per heavy atom. The summed E-state index contributed by atoms with van der Waals surface area (Å²) in [5, 5.41) is 9.57. The number of H-pyrrole nitrogens is 1. The van der Waals surface area contributed by atoms with E-state index >= 15 is 0 Å². The molecule has 0 bridgehead atoms. The summed E-state index contributed by atoms with van der Waals surface area (Å²) >= 11 is 0. The molecule has 1 atom stereocenters. The fraction of sp³-hybridized carbons (Fsp3) is 0.304. The first-order chi connectivity index (χ1) is 13.9. The highest BCUT2D eigenvalue weighted by Gasteiger charge is 2.20. The lowest BCUT2D eigenvalue weighted by atomic mass is 9.93. The van der Waals surface area contributed by atoms with E-state index in [-0.39, 0.29) is 11.5 Å². The number of hydrogen-bond acceptors (Lipinski definition) is 4. The summed E-state index contributed by atoms with van der Waals surface area (Å²) in [5.41, 5.74) is 9.90. The number of fused-ring (bicyclic) bond motifs is 1. The number of likely N-dealkylation sites (N-methyl/N-ethyl adjacent to an activating group) is 1. The highest BCUT2D eigenvalue weighted by atomic mass is 16.1. The van der Waals surface area contributed by atoms with Crippen molar-refractivity contribution in [3.8, 4) is 0 Å². The molecular formula is C23H27N5O. The maximum Gasteiger partial charge on any atom is 0.252 e. The summed E-state index contributed by atoms with van der Waals surface area (Å²) in [6.07, 6.45) is 0. The number of nitrogen functional groups attached to an aromatic ring is 1. The number of nitrogens with zero attached hydrogens (tertiary/aromatic N) is 2. The smallest absolute Gasteiger partial charge is 0.252 e. The number of nitrogens with one attached hydrogen (secondary N) is 2. The maximum atomic E-state index is 12.7. The lowest BCUT2D eigenvalue weighted by Crippen LogP contribution is -2.47. The molecule has 0 spiro atoms. The van der Waals surface area contributed by atoms with Crippen molar-refractivity contribution < 1.29 is 0 Å². The molecule has 1 aliphatic rings. The van der Waals surface area contributed by atoms with Crippen molar-refractivity contribution in [1.29, 1.82) is 5.41 Å². The number of aromatic nitrogens is 1. The van der Waals surface area contributed by atoms with Crippen molar-refractivity contribution in [3.63, 3.8) is 0 Å². The van der Waals surface area contributed by atoms with Gasteiger partial charge in [0.25, 0.3) is 5.56 Å². The molecule has 1 aromatic heterocycles. The Kier molecular flexibility index (Phi) is 5.11. The number of benzene rings is 2. The minimum atomic E-state index is -0.102. The van der Waals surface area contributed by atoms with E-state index in [1.807, 2.05) is 49.4 Å². The Hall–Kier alpha value is -3.12. The van der Waals surface area contributed by atoms with Gasteiger partial charge in [0.15, 0.2) is 0 Å². The zero-order chi connectivity index (χ0) is 20.5. The van der Waals surface area contributed by atoms with Gasteiger partial charge in [-0.05, 0) is 36.2 Å². The van der Waals surface area contributed by atoms with Crippen LogP contribution in [0.25, 0.3) is 10.9 Å². The van der Waals surface area contributed by atoms with Crippen molar-refractivity contribution in [2.75, 3.05) is 39.0 Å². The van der Waals surface area contributed by atoms with Gasteiger partial charge >= 0.3 is 0 Å². The second kappa shape index (κ2) is 7.72. The molecular weight excluding hydrogens is 362 g/mol. The van der Waals surface area contributed by atoms with Crippen LogP contribution in [0.4, 0.5) is 5.69 Å². The monoisotopic (exact) mass is 389 g/mol. The Bertz CT molecular complexity index is 1100. The number of hydrogen-bond donors (Lipinski definition) is 3. The van der Waals surface area contributed by atoms with Gasteiger partial charge in [0.2, 0.25) is 0 Å². The second-order valence-corrected chi connectivity index (χ2v) is 7.85. The van der Waals surface area contributed by atoms with E-state index in [4.69, 9.17) is 11.1 Å². The quantitative estimate of drug-likeness (QED) is 0.365. The molecule has 1 unspecified atom stereocenters. The topological polar surface area (TPSA) is 89.2 Å². The van der Waals surface area contributed by atoms with E-state index in [1.54, 1.807) is 6.07 Å². The average molecular weight is 390 g/mol. The number of amidine groups is 1. The molecule has 2 heterocycles. The molecule has 1 aliphatic heterocycles. The van der Waals surface area contributed by atoms with Gasteiger partial charge in [-0.25, -0.2) is 0 Å². The zero-order valence-corrected chi connectivity index (χ0v) is 16.9. The Labute approximate surface area is 170 Å². The van der Waals surface area contributed by atoms with Crippen LogP contribution >= 0.6 is 0 Å². The van der Waals surface area contributed by atoms with Crippen LogP contribution in [0, 0.1) is 5.41 Å². The molecule has 0 aliphatic carbocycles. The predicted octanol–water partition coefficient (Wildman–Crippen LogP) is 2.83. The second-order valence-electron chi connectivity index (χ2n) is 7.85. The minimum absolute atomic E-state index is 0.0255. The standard InChI is InChI=1S/C23H27N5O/c1-15(16-6-4-3-5-7-16)18-12-17-13-19(20(24)14-21(17)26-23(18)29)22(25)28-10-8-27(2)9-11-28/h3-7,12-15,25H,8-11,24H2,1-2H3,(H,26,29). The number of nitrogens with two attached hydrogens (primary N) is 1. The lowest BCUT2D eigenvalue weighted by molar-refractivity contribution is 0.215. The summed E-state index contributed by atoms with van der Waals surface area (Å²) in [6.45, 7) is 5.53. The molecule has 4 rings (SSSR count). The third-order valence-corrected chi connectivity index (χ3v) is 5.88. The lowest BCUT2D eigenvalue weighted by Gasteiger charge is -2.34. The molecule has 150 valence electrons. The molecule has 2 aromatic carbocycles. The molecule has 0 saturated carbocycles. The highest BCUT2D eigenvalue weighted by molar-refractivity contribution is 6.04. The van der Waals surface area contributed by atoms with Gasteiger partial charge in [0, 0.05) is 48.9 Å². The van der Waals surface area contributed by atoms with Crippen LogP contribution in [0.15, 0.2) is 53.3 Å². The zero-order valence-electron chi connectivity index (χ0n) is 16.9. The van der Waals surface area contributed by atoms with Crippen molar-refractivity contribution in [3.05, 3.63) is 75.6 Å². The molecule has 29 heavy (non-hydrogen) atoms. The van der Waals surface area contributed by atoms with Crippen LogP contribution in [0.3, 0.4) is 0 Å². The van der Waals surface area contributed by atoms with E-state index in [0.29, 0.717) is 28.2 Å². The number of rotatable bonds is 3. The first-order valence-corrected chi connectivity index (χ1v) is 9.98. The number of aromatic amines is 1. The molecule has 0 radical (unpaired) electrons. The Balaban J connectivity index is 1.73. The molecule has 4 N–H and O–H groups in total. The third kappa shape index (κ3) is 3.76. The highest BCUT2D eigenvalue weighted by Crippen LogP contribution is 2.26. The van der Waals surface area contributed by atoms with Gasteiger partial charge in [-0.15, -0.1) is 0 Å². The number of pyridine rings is 1. The van der Waals surface area contributed by atoms with Gasteiger partial charge in [-0.2, -0.15) is 0 Å². The molecule has 3 aromatic rings. The number of anilines is 1. The summed E-state index contributed by atoms with van der Waals surface area (Å²) in [5.74, 6) is 0.420. The van der Waals surface area contributed by atoms with Gasteiger partial charge in [0.05, 0.1) is 5.52 Å². The van der Waals surface area contributed by atoms with Crippen LogP contribution in [0.5, 0.6) is 0 Å². The van der Waals surface area contributed by atoms with Crippen LogP contribution in [-0.4, -0.2) is 53.8 Å². The van der Waals surface area contributed by atoms with Crippen LogP contribution in [0.2, 0.25) is 0 Å². The van der Waals surface area contributed by atoms with E-state index in [2.05, 4.69) is 21.8 Å². The van der Waals surface area contributed by atoms with E-state index in [1.165, 1.54) is 0 Å². The minimum Gasteiger partial charge on any atom is -0.398 e. The SMILES string of the molecule is CC(c1ccccc1)c1cc2cc(C(=N)N3CCN(C)CC3)c(N)cc2[nH]c1=O. The van der Waals surface area contributed by atoms with Crippen LogP contribution < -0.4 is 11.3 Å². The maximum absolute atomic E-state index is 12.7. The van der Waals surface area contributed by atoms with Gasteiger partial charge < -0.3 is 20.5 Å². The summed E-state index contributed by atoms with van der Waals surface area (Å²) in [4.78, 5) is 20.0. The van der Waals surface area contributed by atoms with Crippen LogP contribution in [-0.2, 0) is 0 Å². The molecule has 1 fully saturated rings. The van der Waals surface area contributed by atoms with Crippen molar-refractivity contribution in [2.24, 2.45) is 0 Å². The molecule has 0 amide bonds. The Morgan fingerprint density at radius 2 is 1.79 bits per heavy atom. The summed E-state index contributed by atoms with van der Waals surface area (Å²) in [6, 6.07) is 15.6. The average Bonchev–Trinajstić information content (AvgIpc) is 2.73. The van der Waals surface area contributed by atoms with Crippen LogP contribution in [0.1, 0.15) is 29.5 Å². The van der Waals surface area contributed by atoms with Crippen molar-refractivity contribution >= 4 is 22.4 Å². The molecule has 6 nitrogen and oxygen atoms in total. The van der Waals surface area contributed by atoms with Crippen molar-refractivity contribution in [2.45, 2.75) is 12.8 Å². The first-order valence-electron chi connectivity index (χ1n) is 9.98. The molecule has 6 heteroatoms. The summed E-state index contributed by atoms with van der Waals surface area (Å²) < 4.78 is 0. The largest absolute Gasteiger partial charge is 0.398 e. The third-order valence-electron chi connectivity index (χ3n) is 5.88. The summed E-state index contributed by atoms with van der Waals surface area (Å²) in [7, 11) is 2.09. The predicted molar refractivity (Wildman–Crippen MR) is 119 cm³/mol. The van der Waals surface area contributed by atoms with E-state index < -0.39 is 0 Å². The van der Waals surface area contributed by atoms with Gasteiger partial charge in [-0.3, -0.25) is 10.2 Å². The normalized spacial score (nSPS) is 16.1. The van der Waals surface area contributed by atoms with Gasteiger partial charge in [0.1, 0.15) is 5.84 Å². The first kappa shape index (κ1) is 19.2.